The zero-order valence-electron chi connectivity index (χ0n) is 8.16. The molecule has 0 aliphatic carbocycles. The van der Waals surface area contributed by atoms with Crippen molar-refractivity contribution >= 4 is 0 Å². The molecule has 1 unspecified atom stereocenters. The normalized spacial score (nSPS) is 28.2. The number of rotatable bonds is 2. The van der Waals surface area contributed by atoms with Crippen LogP contribution in [0.1, 0.15) is 24.9 Å². The van der Waals surface area contributed by atoms with E-state index in [1.165, 1.54) is 12.1 Å². The van der Waals surface area contributed by atoms with Crippen molar-refractivity contribution in [3.05, 3.63) is 35.6 Å². The van der Waals surface area contributed by atoms with E-state index in [0.717, 1.165) is 18.6 Å². The molecule has 0 aromatic heterocycles. The fraction of sp³-hybridized carbons (Fsp3) is 0.455. The van der Waals surface area contributed by atoms with Crippen LogP contribution in [-0.2, 0) is 4.74 Å². The largest absolute Gasteiger partial charge is 0.373 e. The first-order valence-electron chi connectivity index (χ1n) is 4.77. The Kier molecular flexibility index (Phi) is 2.29. The lowest BCUT2D eigenvalue weighted by Crippen LogP contribution is -2.49. The molecular formula is C11H14FNO. The number of ether oxygens (including phenoxy) is 1. The third-order valence-corrected chi connectivity index (χ3v) is 2.92. The molecule has 76 valence electrons. The van der Waals surface area contributed by atoms with E-state index in [2.05, 4.69) is 0 Å². The summed E-state index contributed by atoms with van der Waals surface area (Å²) in [5.74, 6) is -0.236. The van der Waals surface area contributed by atoms with Gasteiger partial charge in [0.15, 0.2) is 0 Å². The van der Waals surface area contributed by atoms with Crippen molar-refractivity contribution in [2.24, 2.45) is 5.73 Å². The van der Waals surface area contributed by atoms with E-state index in [-0.39, 0.29) is 17.5 Å². The molecule has 1 aliphatic heterocycles. The van der Waals surface area contributed by atoms with Gasteiger partial charge in [0.1, 0.15) is 5.82 Å². The van der Waals surface area contributed by atoms with Crippen molar-refractivity contribution < 1.29 is 9.13 Å². The van der Waals surface area contributed by atoms with E-state index in [4.69, 9.17) is 10.5 Å². The standard InChI is InChI=1S/C11H14FNO/c1-11(6-7-14-11)10(13)8-2-4-9(12)5-3-8/h2-5,10H,6-7,13H2,1H3/t10-,11?/m1/s1. The molecule has 0 amide bonds. The van der Waals surface area contributed by atoms with Gasteiger partial charge in [-0.25, -0.2) is 4.39 Å². The van der Waals surface area contributed by atoms with Crippen molar-refractivity contribution in [3.63, 3.8) is 0 Å². The molecule has 0 radical (unpaired) electrons. The average Bonchev–Trinajstić information content (AvgIpc) is 2.14. The predicted octanol–water partition coefficient (Wildman–Crippen LogP) is 2.00. The van der Waals surface area contributed by atoms with Crippen LogP contribution < -0.4 is 5.73 Å². The fourth-order valence-electron chi connectivity index (χ4n) is 1.69. The molecular weight excluding hydrogens is 181 g/mol. The Morgan fingerprint density at radius 1 is 1.43 bits per heavy atom. The third-order valence-electron chi connectivity index (χ3n) is 2.92. The molecule has 0 bridgehead atoms. The number of benzene rings is 1. The molecule has 3 heteroatoms. The maximum atomic E-state index is 12.7. The molecule has 1 aliphatic rings. The summed E-state index contributed by atoms with van der Waals surface area (Å²) in [4.78, 5) is 0. The Hall–Kier alpha value is -0.930. The van der Waals surface area contributed by atoms with Crippen LogP contribution in [0.4, 0.5) is 4.39 Å². The summed E-state index contributed by atoms with van der Waals surface area (Å²) >= 11 is 0. The highest BCUT2D eigenvalue weighted by Crippen LogP contribution is 2.36. The molecule has 2 N–H and O–H groups in total. The molecule has 1 fully saturated rings. The lowest BCUT2D eigenvalue weighted by Gasteiger charge is -2.43. The van der Waals surface area contributed by atoms with Crippen molar-refractivity contribution in [2.45, 2.75) is 25.0 Å². The minimum Gasteiger partial charge on any atom is -0.373 e. The first kappa shape index (κ1) is 9.62. The van der Waals surface area contributed by atoms with E-state index >= 15 is 0 Å². The second-order valence-corrected chi connectivity index (χ2v) is 3.94. The van der Waals surface area contributed by atoms with Gasteiger partial charge in [-0.1, -0.05) is 12.1 Å². The van der Waals surface area contributed by atoms with E-state index in [1.807, 2.05) is 6.92 Å². The minimum absolute atomic E-state index is 0.170. The topological polar surface area (TPSA) is 35.2 Å². The second-order valence-electron chi connectivity index (χ2n) is 3.94. The first-order chi connectivity index (χ1) is 6.62. The molecule has 0 saturated carbocycles. The molecule has 1 saturated heterocycles. The zero-order chi connectivity index (χ0) is 10.2. The smallest absolute Gasteiger partial charge is 0.123 e. The highest BCUT2D eigenvalue weighted by Gasteiger charge is 2.39. The van der Waals surface area contributed by atoms with Crippen LogP contribution in [0.15, 0.2) is 24.3 Å². The summed E-state index contributed by atoms with van der Waals surface area (Å²) in [5.41, 5.74) is 6.70. The lowest BCUT2D eigenvalue weighted by atomic mass is 9.85. The molecule has 0 spiro atoms. The Bertz CT molecular complexity index is 319. The highest BCUT2D eigenvalue weighted by atomic mass is 19.1. The fourth-order valence-corrected chi connectivity index (χ4v) is 1.69. The molecule has 2 nitrogen and oxygen atoms in total. The lowest BCUT2D eigenvalue weighted by molar-refractivity contribution is -0.149. The van der Waals surface area contributed by atoms with Gasteiger partial charge in [0, 0.05) is 6.42 Å². The SMILES string of the molecule is CC1([C@H](N)c2ccc(F)cc2)CCO1. The van der Waals surface area contributed by atoms with E-state index in [0.29, 0.717) is 0 Å². The van der Waals surface area contributed by atoms with Gasteiger partial charge in [-0.05, 0) is 24.6 Å². The Balaban J connectivity index is 2.18. The number of hydrogen-bond acceptors (Lipinski definition) is 2. The van der Waals surface area contributed by atoms with Crippen molar-refractivity contribution in [2.75, 3.05) is 6.61 Å². The summed E-state index contributed by atoms with van der Waals surface area (Å²) in [7, 11) is 0. The molecule has 1 heterocycles. The van der Waals surface area contributed by atoms with Crippen LogP contribution >= 0.6 is 0 Å². The monoisotopic (exact) mass is 195 g/mol. The maximum absolute atomic E-state index is 12.7. The highest BCUT2D eigenvalue weighted by molar-refractivity contribution is 5.23. The Labute approximate surface area is 82.9 Å². The van der Waals surface area contributed by atoms with Gasteiger partial charge in [-0.2, -0.15) is 0 Å². The summed E-state index contributed by atoms with van der Waals surface area (Å²) in [6.45, 7) is 2.76. The van der Waals surface area contributed by atoms with E-state index < -0.39 is 0 Å². The molecule has 14 heavy (non-hydrogen) atoms. The van der Waals surface area contributed by atoms with Crippen LogP contribution in [-0.4, -0.2) is 12.2 Å². The van der Waals surface area contributed by atoms with Crippen molar-refractivity contribution in [3.8, 4) is 0 Å². The van der Waals surface area contributed by atoms with Crippen LogP contribution in [0.25, 0.3) is 0 Å². The van der Waals surface area contributed by atoms with Gasteiger partial charge in [-0.15, -0.1) is 0 Å². The van der Waals surface area contributed by atoms with Gasteiger partial charge in [-0.3, -0.25) is 0 Å². The van der Waals surface area contributed by atoms with E-state index in [9.17, 15) is 4.39 Å². The molecule has 2 rings (SSSR count). The number of nitrogens with two attached hydrogens (primary N) is 1. The van der Waals surface area contributed by atoms with Gasteiger partial charge in [0.2, 0.25) is 0 Å². The average molecular weight is 195 g/mol. The summed E-state index contributed by atoms with van der Waals surface area (Å²) in [6.07, 6.45) is 0.964. The van der Waals surface area contributed by atoms with Gasteiger partial charge in [0.05, 0.1) is 18.2 Å². The number of halogens is 1. The van der Waals surface area contributed by atoms with Crippen LogP contribution in [0, 0.1) is 5.82 Å². The Morgan fingerprint density at radius 2 is 2.00 bits per heavy atom. The minimum atomic E-state index is -0.266. The summed E-state index contributed by atoms with van der Waals surface area (Å²) in [6, 6.07) is 6.12. The quantitative estimate of drug-likeness (QED) is 0.783. The third kappa shape index (κ3) is 1.53. The predicted molar refractivity (Wildman–Crippen MR) is 52.3 cm³/mol. The molecule has 2 atom stereocenters. The van der Waals surface area contributed by atoms with E-state index in [1.54, 1.807) is 12.1 Å². The summed E-state index contributed by atoms with van der Waals surface area (Å²) < 4.78 is 18.1. The van der Waals surface area contributed by atoms with Gasteiger partial charge in [0.25, 0.3) is 0 Å². The van der Waals surface area contributed by atoms with Gasteiger partial charge < -0.3 is 10.5 Å². The van der Waals surface area contributed by atoms with Crippen molar-refractivity contribution in [1.82, 2.24) is 0 Å². The molecule has 1 aromatic carbocycles. The number of hydrogen-bond donors (Lipinski definition) is 1. The summed E-state index contributed by atoms with van der Waals surface area (Å²) in [5, 5.41) is 0. The first-order valence-corrected chi connectivity index (χ1v) is 4.77. The maximum Gasteiger partial charge on any atom is 0.123 e. The van der Waals surface area contributed by atoms with Crippen molar-refractivity contribution in [1.29, 1.82) is 0 Å². The van der Waals surface area contributed by atoms with Crippen LogP contribution in [0.3, 0.4) is 0 Å². The Morgan fingerprint density at radius 3 is 2.43 bits per heavy atom. The second kappa shape index (κ2) is 3.33. The molecule has 1 aromatic rings. The van der Waals surface area contributed by atoms with Crippen LogP contribution in [0.5, 0.6) is 0 Å². The zero-order valence-corrected chi connectivity index (χ0v) is 8.16. The van der Waals surface area contributed by atoms with Gasteiger partial charge >= 0.3 is 0 Å². The van der Waals surface area contributed by atoms with Crippen LogP contribution in [0.2, 0.25) is 0 Å².